The van der Waals surface area contributed by atoms with Gasteiger partial charge in [0, 0.05) is 12.8 Å². The van der Waals surface area contributed by atoms with Crippen molar-refractivity contribution in [3.05, 3.63) is 41.4 Å². The molecule has 1 aromatic carbocycles. The maximum Gasteiger partial charge on any atom is 0.484 e. The van der Waals surface area contributed by atoms with Gasteiger partial charge in [-0.05, 0) is 32.3 Å². The molecule has 0 N–H and O–H groups in total. The molecule has 0 aliphatic heterocycles. The highest BCUT2D eigenvalue weighted by molar-refractivity contribution is 7.74. The third kappa shape index (κ3) is 7.50. The molecule has 0 heterocycles. The van der Waals surface area contributed by atoms with Crippen LogP contribution in [0.3, 0.4) is 0 Å². The maximum absolute atomic E-state index is 12.7. The van der Waals surface area contributed by atoms with Crippen molar-refractivity contribution < 1.29 is 27.9 Å². The quantitative estimate of drug-likeness (QED) is 0.102. The number of rotatable bonds is 12. The molecular weight excluding hydrogens is 367 g/mol. The van der Waals surface area contributed by atoms with Crippen LogP contribution in [0.4, 0.5) is 0 Å². The smallest absolute Gasteiger partial charge is 0.453 e. The van der Waals surface area contributed by atoms with E-state index in [-0.39, 0.29) is 13.2 Å². The largest absolute Gasteiger partial charge is 0.484 e. The first-order valence-corrected chi connectivity index (χ1v) is 10.3. The van der Waals surface area contributed by atoms with Crippen molar-refractivity contribution in [2.75, 3.05) is 13.2 Å². The van der Waals surface area contributed by atoms with Crippen molar-refractivity contribution in [3.8, 4) is 12.3 Å². The van der Waals surface area contributed by atoms with Crippen molar-refractivity contribution in [2.24, 2.45) is 0 Å². The van der Waals surface area contributed by atoms with Crippen LogP contribution in [0, 0.1) is 12.3 Å². The lowest BCUT2D eigenvalue weighted by atomic mass is 10.0. The SMILES string of the molecule is C#CCCCC(Cc1ccccc1)OC(=O)C(=[N+]=[N-])P(=O)(OCC)OCC. The summed E-state index contributed by atoms with van der Waals surface area (Å²) in [5.74, 6) is 1.51. The molecule has 0 spiro atoms. The van der Waals surface area contributed by atoms with Gasteiger partial charge in [0.2, 0.25) is 0 Å². The van der Waals surface area contributed by atoms with Gasteiger partial charge in [0.05, 0.1) is 13.2 Å². The molecule has 27 heavy (non-hydrogen) atoms. The Balaban J connectivity index is 2.96. The first kappa shape index (κ1) is 22.8. The molecule has 0 fully saturated rings. The second-order valence-corrected chi connectivity index (χ2v) is 7.50. The first-order chi connectivity index (χ1) is 13.0. The minimum absolute atomic E-state index is 0.0131. The zero-order chi connectivity index (χ0) is 20.1. The molecule has 1 aromatic rings. The maximum atomic E-state index is 12.7. The Morgan fingerprint density at radius 2 is 1.89 bits per heavy atom. The number of unbranched alkanes of at least 4 members (excludes halogenated alkanes) is 1. The van der Waals surface area contributed by atoms with Gasteiger partial charge in [-0.25, -0.2) is 9.36 Å². The van der Waals surface area contributed by atoms with E-state index in [1.54, 1.807) is 13.8 Å². The van der Waals surface area contributed by atoms with Crippen molar-refractivity contribution in [2.45, 2.75) is 45.6 Å². The van der Waals surface area contributed by atoms with Crippen LogP contribution >= 0.6 is 7.60 Å². The summed E-state index contributed by atoms with van der Waals surface area (Å²) < 4.78 is 28.3. The molecule has 0 aliphatic carbocycles. The molecule has 7 nitrogen and oxygen atoms in total. The van der Waals surface area contributed by atoms with Crippen LogP contribution in [0.2, 0.25) is 0 Å². The Morgan fingerprint density at radius 3 is 2.41 bits per heavy atom. The summed E-state index contributed by atoms with van der Waals surface area (Å²) in [5.41, 5.74) is 9.44. The van der Waals surface area contributed by atoms with E-state index >= 15 is 0 Å². The molecule has 1 atom stereocenters. The topological polar surface area (TPSA) is 98.2 Å². The molecule has 0 bridgehead atoms. The molecule has 146 valence electrons. The van der Waals surface area contributed by atoms with Crippen molar-refractivity contribution in [3.63, 3.8) is 0 Å². The lowest BCUT2D eigenvalue weighted by Crippen LogP contribution is -2.28. The second kappa shape index (κ2) is 12.2. The molecule has 1 unspecified atom stereocenters. The third-order valence-corrected chi connectivity index (χ3v) is 5.55. The molecule has 0 saturated carbocycles. The summed E-state index contributed by atoms with van der Waals surface area (Å²) in [6.45, 7) is 3.20. The van der Waals surface area contributed by atoms with Crippen molar-refractivity contribution >= 4 is 19.0 Å². The summed E-state index contributed by atoms with van der Waals surface area (Å²) in [5, 5.41) is 0. The van der Waals surface area contributed by atoms with Gasteiger partial charge in [-0.15, -0.1) is 17.1 Å². The molecular formula is C19H25N2O5P. The summed E-state index contributed by atoms with van der Waals surface area (Å²) in [6, 6.07) is 9.48. The first-order valence-electron chi connectivity index (χ1n) is 8.80. The van der Waals surface area contributed by atoms with Crippen LogP contribution in [-0.4, -0.2) is 35.5 Å². The highest BCUT2D eigenvalue weighted by Gasteiger charge is 2.47. The zero-order valence-electron chi connectivity index (χ0n) is 15.7. The van der Waals surface area contributed by atoms with E-state index in [2.05, 4.69) is 10.7 Å². The van der Waals surface area contributed by atoms with Gasteiger partial charge >= 0.3 is 19.0 Å². The molecule has 8 heteroatoms. The van der Waals surface area contributed by atoms with Crippen LogP contribution in [-0.2, 0) is 29.6 Å². The van der Waals surface area contributed by atoms with Crippen molar-refractivity contribution in [1.29, 1.82) is 0 Å². The van der Waals surface area contributed by atoms with Crippen molar-refractivity contribution in [1.82, 2.24) is 0 Å². The van der Waals surface area contributed by atoms with E-state index in [0.29, 0.717) is 25.7 Å². The van der Waals surface area contributed by atoms with Crippen LogP contribution in [0.1, 0.15) is 38.7 Å². The van der Waals surface area contributed by atoms with E-state index in [1.165, 1.54) is 0 Å². The van der Waals surface area contributed by atoms with Gasteiger partial charge in [0.25, 0.3) is 0 Å². The molecule has 0 saturated heterocycles. The van der Waals surface area contributed by atoms with E-state index in [1.807, 2.05) is 30.3 Å². The third-order valence-electron chi connectivity index (χ3n) is 3.56. The Kier molecular flexibility index (Phi) is 10.3. The molecule has 0 amide bonds. The van der Waals surface area contributed by atoms with E-state index in [4.69, 9.17) is 20.2 Å². The predicted molar refractivity (Wildman–Crippen MR) is 102 cm³/mol. The summed E-state index contributed by atoms with van der Waals surface area (Å²) >= 11 is 0. The fourth-order valence-corrected chi connectivity index (χ4v) is 3.81. The fraction of sp³-hybridized carbons (Fsp3) is 0.474. The highest BCUT2D eigenvalue weighted by atomic mass is 31.2. The summed E-state index contributed by atoms with van der Waals surface area (Å²) in [6.07, 6.45) is 6.91. The number of terminal acetylenes is 1. The van der Waals surface area contributed by atoms with E-state index in [0.717, 1.165) is 5.56 Å². The normalized spacial score (nSPS) is 11.9. The lowest BCUT2D eigenvalue weighted by molar-refractivity contribution is -0.145. The number of ether oxygens (including phenoxy) is 1. The standard InChI is InChI=1S/C19H25N2O5P/c1-4-7-9-14-17(15-16-12-10-8-11-13-16)26-19(22)18(21-20)27(23,24-5-2)25-6-3/h1,8,10-13,17H,5-7,9,14-15H2,2-3H3. The van der Waals surface area contributed by atoms with Crippen LogP contribution in [0.15, 0.2) is 30.3 Å². The van der Waals surface area contributed by atoms with E-state index in [9.17, 15) is 14.9 Å². The molecule has 0 aliphatic rings. The van der Waals surface area contributed by atoms with Gasteiger partial charge in [0.15, 0.2) is 0 Å². The number of nitrogens with zero attached hydrogens (tertiary/aromatic N) is 2. The van der Waals surface area contributed by atoms with Gasteiger partial charge in [0.1, 0.15) is 6.10 Å². The Bertz CT molecular complexity index is 728. The Morgan fingerprint density at radius 1 is 1.26 bits per heavy atom. The number of hydrogen-bond acceptors (Lipinski definition) is 5. The minimum atomic E-state index is -4.06. The fourth-order valence-electron chi connectivity index (χ4n) is 2.42. The van der Waals surface area contributed by atoms with Gasteiger partial charge in [-0.2, -0.15) is 0 Å². The average Bonchev–Trinajstić information content (AvgIpc) is 2.63. The average molecular weight is 392 g/mol. The number of hydrogen-bond donors (Lipinski definition) is 0. The number of esters is 1. The number of carbonyl (C=O) groups is 1. The van der Waals surface area contributed by atoms with Gasteiger partial charge in [-0.1, -0.05) is 30.3 Å². The molecule has 0 radical (unpaired) electrons. The Labute approximate surface area is 160 Å². The minimum Gasteiger partial charge on any atom is -0.453 e. The Hall–Kier alpha value is -2.22. The van der Waals surface area contributed by atoms with Crippen LogP contribution in [0.25, 0.3) is 5.53 Å². The summed E-state index contributed by atoms with van der Waals surface area (Å²) in [7, 11) is -4.06. The monoisotopic (exact) mass is 392 g/mol. The molecule has 0 aromatic heterocycles. The molecule has 1 rings (SSSR count). The van der Waals surface area contributed by atoms with E-state index < -0.39 is 25.1 Å². The number of benzene rings is 1. The van der Waals surface area contributed by atoms with Gasteiger partial charge < -0.3 is 19.3 Å². The lowest BCUT2D eigenvalue weighted by Gasteiger charge is -2.18. The van der Waals surface area contributed by atoms with Crippen LogP contribution in [0.5, 0.6) is 0 Å². The highest BCUT2D eigenvalue weighted by Crippen LogP contribution is 2.49. The predicted octanol–water partition coefficient (Wildman–Crippen LogP) is 3.84. The summed E-state index contributed by atoms with van der Waals surface area (Å²) in [4.78, 5) is 15.4. The van der Waals surface area contributed by atoms with Crippen LogP contribution < -0.4 is 0 Å². The number of carbonyl (C=O) groups excluding carboxylic acids is 1. The van der Waals surface area contributed by atoms with Gasteiger partial charge in [-0.3, -0.25) is 0 Å². The second-order valence-electron chi connectivity index (χ2n) is 5.57. The zero-order valence-corrected chi connectivity index (χ0v) is 16.6.